The monoisotopic (exact) mass is 278 g/mol. The summed E-state index contributed by atoms with van der Waals surface area (Å²) in [5, 5.41) is 5.94. The highest BCUT2D eigenvalue weighted by atomic mass is 32.1. The molecule has 0 aliphatic carbocycles. The van der Waals surface area contributed by atoms with Crippen molar-refractivity contribution in [3.63, 3.8) is 0 Å². The molecule has 2 N–H and O–H groups in total. The van der Waals surface area contributed by atoms with Crippen molar-refractivity contribution in [1.82, 2.24) is 14.6 Å². The molecule has 2 heterocycles. The molecule has 0 radical (unpaired) electrons. The summed E-state index contributed by atoms with van der Waals surface area (Å²) in [5.74, 6) is 0.0575. The van der Waals surface area contributed by atoms with Crippen molar-refractivity contribution in [3.05, 3.63) is 29.4 Å². The summed E-state index contributed by atoms with van der Waals surface area (Å²) in [6.07, 6.45) is 0. The maximum atomic E-state index is 13.8. The molecule has 0 spiro atoms. The SMILES string of the molecule is CCOc1ccc(-c2csc3nc(N)nn23)cc1F. The van der Waals surface area contributed by atoms with E-state index in [4.69, 9.17) is 10.5 Å². The average Bonchev–Trinajstić information content (AvgIpc) is 2.91. The van der Waals surface area contributed by atoms with Crippen LogP contribution in [0.5, 0.6) is 5.75 Å². The number of aromatic nitrogens is 3. The Bertz CT molecular complexity index is 736. The molecule has 7 heteroatoms. The van der Waals surface area contributed by atoms with Gasteiger partial charge in [0.1, 0.15) is 0 Å². The number of nitrogens with zero attached hydrogens (tertiary/aromatic N) is 3. The van der Waals surface area contributed by atoms with Gasteiger partial charge in [0.2, 0.25) is 10.9 Å². The zero-order chi connectivity index (χ0) is 13.4. The molecule has 0 saturated carbocycles. The Kier molecular flexibility index (Phi) is 2.83. The second-order valence-corrected chi connectivity index (χ2v) is 4.70. The first-order chi connectivity index (χ1) is 9.19. The van der Waals surface area contributed by atoms with Crippen LogP contribution in [0, 0.1) is 5.82 Å². The number of benzene rings is 1. The van der Waals surface area contributed by atoms with E-state index in [9.17, 15) is 4.39 Å². The minimum Gasteiger partial charge on any atom is -0.491 e. The van der Waals surface area contributed by atoms with Crippen molar-refractivity contribution in [2.75, 3.05) is 12.3 Å². The summed E-state index contributed by atoms with van der Waals surface area (Å²) in [5.41, 5.74) is 7.01. The Balaban J connectivity index is 2.08. The Morgan fingerprint density at radius 2 is 2.32 bits per heavy atom. The number of ether oxygens (including phenoxy) is 1. The summed E-state index contributed by atoms with van der Waals surface area (Å²) in [6.45, 7) is 2.24. The van der Waals surface area contributed by atoms with Crippen LogP contribution in [0.15, 0.2) is 23.6 Å². The van der Waals surface area contributed by atoms with Gasteiger partial charge in [0.15, 0.2) is 11.6 Å². The molecule has 1 aromatic carbocycles. The van der Waals surface area contributed by atoms with Gasteiger partial charge in [-0.05, 0) is 25.1 Å². The summed E-state index contributed by atoms with van der Waals surface area (Å²) in [4.78, 5) is 4.74. The molecule has 3 aromatic rings. The van der Waals surface area contributed by atoms with Crippen LogP contribution < -0.4 is 10.5 Å². The van der Waals surface area contributed by atoms with Gasteiger partial charge in [0.25, 0.3) is 0 Å². The van der Waals surface area contributed by atoms with Crippen molar-refractivity contribution < 1.29 is 9.13 Å². The van der Waals surface area contributed by atoms with Crippen LogP contribution in [0.1, 0.15) is 6.92 Å². The van der Waals surface area contributed by atoms with Crippen LogP contribution in [0.2, 0.25) is 0 Å². The highest BCUT2D eigenvalue weighted by Crippen LogP contribution is 2.28. The van der Waals surface area contributed by atoms with Crippen molar-refractivity contribution in [2.24, 2.45) is 0 Å². The predicted molar refractivity (Wildman–Crippen MR) is 71.8 cm³/mol. The molecule has 0 unspecified atom stereocenters. The van der Waals surface area contributed by atoms with Crippen molar-refractivity contribution in [3.8, 4) is 17.0 Å². The summed E-state index contributed by atoms with van der Waals surface area (Å²) in [6, 6.07) is 4.82. The van der Waals surface area contributed by atoms with E-state index in [1.54, 1.807) is 16.6 Å². The molecule has 0 aliphatic rings. The van der Waals surface area contributed by atoms with Gasteiger partial charge in [0.05, 0.1) is 12.3 Å². The van der Waals surface area contributed by atoms with Crippen LogP contribution in [0.25, 0.3) is 16.2 Å². The standard InChI is InChI=1S/C12H11FN4OS/c1-2-18-10-4-3-7(5-8(10)13)9-6-19-12-15-11(14)16-17(9)12/h3-6H,2H2,1H3,(H2,14,16). The maximum absolute atomic E-state index is 13.8. The van der Waals surface area contributed by atoms with Gasteiger partial charge in [-0.2, -0.15) is 4.98 Å². The number of nitrogens with two attached hydrogens (primary N) is 1. The molecule has 0 amide bonds. The molecule has 5 nitrogen and oxygen atoms in total. The molecular formula is C12H11FN4OS. The van der Waals surface area contributed by atoms with Gasteiger partial charge in [-0.1, -0.05) is 0 Å². The fourth-order valence-electron chi connectivity index (χ4n) is 1.83. The lowest BCUT2D eigenvalue weighted by atomic mass is 10.1. The molecule has 0 aliphatic heterocycles. The average molecular weight is 278 g/mol. The lowest BCUT2D eigenvalue weighted by Gasteiger charge is -2.06. The van der Waals surface area contributed by atoms with E-state index in [1.807, 2.05) is 12.3 Å². The minimum atomic E-state index is -0.396. The van der Waals surface area contributed by atoms with E-state index in [-0.39, 0.29) is 11.7 Å². The fourth-order valence-corrected chi connectivity index (χ4v) is 2.67. The second-order valence-electron chi connectivity index (χ2n) is 3.86. The smallest absolute Gasteiger partial charge is 0.241 e. The molecule has 0 saturated heterocycles. The van der Waals surface area contributed by atoms with Crippen LogP contribution in [-0.2, 0) is 0 Å². The fraction of sp³-hybridized carbons (Fsp3) is 0.167. The number of fused-ring (bicyclic) bond motifs is 1. The molecule has 19 heavy (non-hydrogen) atoms. The zero-order valence-electron chi connectivity index (χ0n) is 10.1. The quantitative estimate of drug-likeness (QED) is 0.799. The van der Waals surface area contributed by atoms with E-state index in [0.29, 0.717) is 17.1 Å². The number of halogens is 1. The molecule has 3 rings (SSSR count). The van der Waals surface area contributed by atoms with Crippen molar-refractivity contribution >= 4 is 22.2 Å². The lowest BCUT2D eigenvalue weighted by molar-refractivity contribution is 0.321. The number of anilines is 1. The van der Waals surface area contributed by atoms with Crippen LogP contribution in [-0.4, -0.2) is 21.2 Å². The molecule has 0 fully saturated rings. The first-order valence-corrected chi connectivity index (χ1v) is 6.59. The Morgan fingerprint density at radius 1 is 1.47 bits per heavy atom. The topological polar surface area (TPSA) is 65.4 Å². The third-order valence-corrected chi connectivity index (χ3v) is 3.44. The highest BCUT2D eigenvalue weighted by Gasteiger charge is 2.12. The number of nitrogen functional groups attached to an aromatic ring is 1. The van der Waals surface area contributed by atoms with Gasteiger partial charge in [-0.25, -0.2) is 8.91 Å². The highest BCUT2D eigenvalue weighted by molar-refractivity contribution is 7.15. The summed E-state index contributed by atoms with van der Waals surface area (Å²) < 4.78 is 20.6. The minimum absolute atomic E-state index is 0.208. The van der Waals surface area contributed by atoms with Crippen molar-refractivity contribution in [1.29, 1.82) is 0 Å². The maximum Gasteiger partial charge on any atom is 0.241 e. The zero-order valence-corrected chi connectivity index (χ0v) is 10.9. The second kappa shape index (κ2) is 4.51. The third kappa shape index (κ3) is 2.01. The van der Waals surface area contributed by atoms with Crippen molar-refractivity contribution in [2.45, 2.75) is 6.92 Å². The summed E-state index contributed by atoms with van der Waals surface area (Å²) >= 11 is 1.41. The number of hydrogen-bond acceptors (Lipinski definition) is 5. The van der Waals surface area contributed by atoms with E-state index in [2.05, 4.69) is 10.1 Å². The first-order valence-electron chi connectivity index (χ1n) is 5.71. The third-order valence-electron chi connectivity index (χ3n) is 2.63. The molecule has 0 atom stereocenters. The van der Waals surface area contributed by atoms with E-state index in [0.717, 1.165) is 5.69 Å². The van der Waals surface area contributed by atoms with E-state index in [1.165, 1.54) is 17.4 Å². The lowest BCUT2D eigenvalue weighted by Crippen LogP contribution is -1.96. The largest absolute Gasteiger partial charge is 0.491 e. The Hall–Kier alpha value is -2.15. The van der Waals surface area contributed by atoms with Crippen LogP contribution >= 0.6 is 11.3 Å². The van der Waals surface area contributed by atoms with E-state index >= 15 is 0 Å². The van der Waals surface area contributed by atoms with Gasteiger partial charge in [0, 0.05) is 10.9 Å². The molecule has 2 aromatic heterocycles. The van der Waals surface area contributed by atoms with Gasteiger partial charge >= 0.3 is 0 Å². The number of rotatable bonds is 3. The number of hydrogen-bond donors (Lipinski definition) is 1. The first kappa shape index (κ1) is 11.9. The predicted octanol–water partition coefficient (Wildman–Crippen LogP) is 2.58. The summed E-state index contributed by atoms with van der Waals surface area (Å²) in [7, 11) is 0. The van der Waals surface area contributed by atoms with Gasteiger partial charge in [-0.15, -0.1) is 16.4 Å². The molecule has 98 valence electrons. The normalized spacial score (nSPS) is 11.1. The van der Waals surface area contributed by atoms with Crippen LogP contribution in [0.4, 0.5) is 10.3 Å². The Morgan fingerprint density at radius 3 is 3.05 bits per heavy atom. The number of thiazole rings is 1. The van der Waals surface area contributed by atoms with E-state index < -0.39 is 5.82 Å². The van der Waals surface area contributed by atoms with Gasteiger partial charge < -0.3 is 10.5 Å². The molecule has 0 bridgehead atoms. The van der Waals surface area contributed by atoms with Gasteiger partial charge in [-0.3, -0.25) is 0 Å². The van der Waals surface area contributed by atoms with Crippen LogP contribution in [0.3, 0.4) is 0 Å². The molecular weight excluding hydrogens is 267 g/mol. The Labute approximate surface area is 112 Å².